The molecule has 0 aliphatic rings. The maximum absolute atomic E-state index is 13.5. The van der Waals surface area contributed by atoms with E-state index in [4.69, 9.17) is 23.7 Å². The van der Waals surface area contributed by atoms with E-state index in [0.717, 1.165) is 11.1 Å². The molecule has 9 nitrogen and oxygen atoms in total. The van der Waals surface area contributed by atoms with Gasteiger partial charge in [0.25, 0.3) is 0 Å². The molecule has 0 heterocycles. The van der Waals surface area contributed by atoms with Crippen LogP contribution in [0.2, 0.25) is 0 Å². The fourth-order valence-corrected chi connectivity index (χ4v) is 6.07. The Bertz CT molecular complexity index is 2400. The zero-order valence-electron chi connectivity index (χ0n) is 30.7. The number of aromatic hydroxyl groups is 2. The van der Waals surface area contributed by atoms with Gasteiger partial charge in [0.15, 0.2) is 23.0 Å². The number of rotatable bonds is 14. The summed E-state index contributed by atoms with van der Waals surface area (Å²) in [6.45, 7) is 0.532. The van der Waals surface area contributed by atoms with Crippen molar-refractivity contribution in [2.24, 2.45) is 0 Å². The first-order valence-electron chi connectivity index (χ1n) is 18.2. The standard InChI is InChI=1S/C48H38O9/c49-41(29-33-13-5-1-6-14-33)56-46-42(37-21-25-39(26-22-37)53-30-34-15-7-2-8-16-34)45(51)47(57-48(52)55-32-36-19-11-4-12-20-36)43(44(46)50)38-23-27-40(28-24-38)54-31-35-17-9-3-10-18-35/h1-28,50-51H,29-32H2. The molecular formula is C48H38O9. The highest BCUT2D eigenvalue weighted by Gasteiger charge is 2.31. The summed E-state index contributed by atoms with van der Waals surface area (Å²) in [5.74, 6) is -1.53. The van der Waals surface area contributed by atoms with Gasteiger partial charge in [-0.25, -0.2) is 4.79 Å². The van der Waals surface area contributed by atoms with Crippen LogP contribution in [0.4, 0.5) is 4.79 Å². The molecule has 284 valence electrons. The van der Waals surface area contributed by atoms with Gasteiger partial charge >= 0.3 is 12.1 Å². The van der Waals surface area contributed by atoms with Gasteiger partial charge in [-0.3, -0.25) is 4.79 Å². The zero-order chi connectivity index (χ0) is 39.4. The van der Waals surface area contributed by atoms with Crippen molar-refractivity contribution >= 4 is 12.1 Å². The minimum atomic E-state index is -1.14. The molecule has 0 aromatic heterocycles. The van der Waals surface area contributed by atoms with Crippen molar-refractivity contribution in [1.29, 1.82) is 0 Å². The van der Waals surface area contributed by atoms with Gasteiger partial charge in [0, 0.05) is 0 Å². The van der Waals surface area contributed by atoms with Crippen molar-refractivity contribution < 1.29 is 43.5 Å². The molecule has 2 N–H and O–H groups in total. The molecule has 0 saturated heterocycles. The largest absolute Gasteiger partial charge is 0.514 e. The van der Waals surface area contributed by atoms with Crippen LogP contribution >= 0.6 is 0 Å². The second-order valence-corrected chi connectivity index (χ2v) is 13.0. The van der Waals surface area contributed by atoms with Crippen LogP contribution in [0.5, 0.6) is 34.5 Å². The van der Waals surface area contributed by atoms with Gasteiger partial charge < -0.3 is 33.9 Å². The summed E-state index contributed by atoms with van der Waals surface area (Å²) < 4.78 is 29.0. The molecule has 0 atom stereocenters. The minimum Gasteiger partial charge on any atom is -0.504 e. The van der Waals surface area contributed by atoms with Crippen molar-refractivity contribution in [3.63, 3.8) is 0 Å². The number of phenols is 2. The van der Waals surface area contributed by atoms with Crippen LogP contribution in [-0.2, 0) is 35.8 Å². The molecule has 0 amide bonds. The number of ether oxygens (including phenoxy) is 5. The van der Waals surface area contributed by atoms with Gasteiger partial charge in [0.1, 0.15) is 31.3 Å². The summed E-state index contributed by atoms with van der Waals surface area (Å²) in [5, 5.41) is 24.3. The molecule has 0 aliphatic carbocycles. The minimum absolute atomic E-state index is 0.0963. The molecule has 0 fully saturated rings. The van der Waals surface area contributed by atoms with Gasteiger partial charge in [0.05, 0.1) is 17.5 Å². The van der Waals surface area contributed by atoms with E-state index in [1.54, 1.807) is 97.1 Å². The van der Waals surface area contributed by atoms with Crippen molar-refractivity contribution in [2.45, 2.75) is 26.2 Å². The lowest BCUT2D eigenvalue weighted by Crippen LogP contribution is -2.14. The first-order valence-corrected chi connectivity index (χ1v) is 18.2. The smallest absolute Gasteiger partial charge is 0.504 e. The quantitative estimate of drug-likeness (QED) is 0.0483. The maximum atomic E-state index is 13.5. The summed E-state index contributed by atoms with van der Waals surface area (Å²) in [5.41, 5.74) is 3.78. The number of carbonyl (C=O) groups excluding carboxylic acids is 2. The van der Waals surface area contributed by atoms with E-state index < -0.39 is 29.4 Å². The predicted molar refractivity (Wildman–Crippen MR) is 215 cm³/mol. The summed E-state index contributed by atoms with van der Waals surface area (Å²) in [7, 11) is 0. The van der Waals surface area contributed by atoms with Crippen molar-refractivity contribution in [3.05, 3.63) is 192 Å². The number of hydrogen-bond acceptors (Lipinski definition) is 9. The fraction of sp³-hybridized carbons (Fsp3) is 0.0833. The molecule has 0 radical (unpaired) electrons. The molecule has 57 heavy (non-hydrogen) atoms. The Kier molecular flexibility index (Phi) is 12.1. The number of carbonyl (C=O) groups is 2. The Hall–Kier alpha value is -7.52. The number of phenolic OH excluding ortho intramolecular Hbond substituents is 2. The van der Waals surface area contributed by atoms with Crippen LogP contribution in [0.25, 0.3) is 22.3 Å². The van der Waals surface area contributed by atoms with Crippen LogP contribution in [-0.4, -0.2) is 22.3 Å². The molecule has 7 rings (SSSR count). The topological polar surface area (TPSA) is 121 Å². The van der Waals surface area contributed by atoms with E-state index in [9.17, 15) is 19.8 Å². The van der Waals surface area contributed by atoms with Crippen LogP contribution in [0.1, 0.15) is 22.3 Å². The fourth-order valence-electron chi connectivity index (χ4n) is 6.07. The van der Waals surface area contributed by atoms with E-state index in [1.807, 2.05) is 72.8 Å². The predicted octanol–water partition coefficient (Wildman–Crippen LogP) is 10.5. The SMILES string of the molecule is O=C(Cc1ccccc1)Oc1c(O)c(-c2ccc(OCc3ccccc3)cc2)c(OC(=O)OCc2ccccc2)c(O)c1-c1ccc(OCc2ccccc2)cc1. The molecule has 0 bridgehead atoms. The molecule has 0 unspecified atom stereocenters. The second kappa shape index (κ2) is 18.2. The van der Waals surface area contributed by atoms with E-state index in [-0.39, 0.29) is 29.9 Å². The lowest BCUT2D eigenvalue weighted by Gasteiger charge is -2.21. The van der Waals surface area contributed by atoms with Gasteiger partial charge in [0.2, 0.25) is 0 Å². The molecule has 0 spiro atoms. The highest BCUT2D eigenvalue weighted by molar-refractivity contribution is 5.95. The first-order chi connectivity index (χ1) is 27.9. The van der Waals surface area contributed by atoms with E-state index >= 15 is 0 Å². The van der Waals surface area contributed by atoms with E-state index in [0.29, 0.717) is 47.0 Å². The Morgan fingerprint density at radius 2 is 0.789 bits per heavy atom. The summed E-state index contributed by atoms with van der Waals surface area (Å²) in [4.78, 5) is 26.8. The van der Waals surface area contributed by atoms with Crippen LogP contribution in [0.15, 0.2) is 170 Å². The van der Waals surface area contributed by atoms with Crippen molar-refractivity contribution in [2.75, 3.05) is 0 Å². The third-order valence-electron chi connectivity index (χ3n) is 8.93. The Morgan fingerprint density at radius 1 is 0.421 bits per heavy atom. The van der Waals surface area contributed by atoms with E-state index in [1.165, 1.54) is 0 Å². The normalized spacial score (nSPS) is 10.7. The molecular weight excluding hydrogens is 721 g/mol. The third-order valence-corrected chi connectivity index (χ3v) is 8.93. The van der Waals surface area contributed by atoms with Gasteiger partial charge in [-0.2, -0.15) is 0 Å². The molecule has 9 heteroatoms. The van der Waals surface area contributed by atoms with E-state index in [2.05, 4.69) is 0 Å². The Balaban J connectivity index is 1.28. The van der Waals surface area contributed by atoms with Gasteiger partial charge in [-0.15, -0.1) is 0 Å². The lowest BCUT2D eigenvalue weighted by molar-refractivity contribution is -0.133. The van der Waals surface area contributed by atoms with Crippen LogP contribution < -0.4 is 18.9 Å². The Labute approximate surface area is 329 Å². The highest BCUT2D eigenvalue weighted by atomic mass is 16.7. The maximum Gasteiger partial charge on any atom is 0.514 e. The highest BCUT2D eigenvalue weighted by Crippen LogP contribution is 2.56. The van der Waals surface area contributed by atoms with Crippen LogP contribution in [0, 0.1) is 0 Å². The number of benzene rings is 7. The molecule has 0 saturated carbocycles. The van der Waals surface area contributed by atoms with Crippen LogP contribution in [0.3, 0.4) is 0 Å². The van der Waals surface area contributed by atoms with Crippen molar-refractivity contribution in [3.8, 4) is 56.8 Å². The number of esters is 1. The molecule has 7 aromatic carbocycles. The van der Waals surface area contributed by atoms with Gasteiger partial charge in [-0.05, 0) is 57.6 Å². The Morgan fingerprint density at radius 3 is 1.21 bits per heavy atom. The lowest BCUT2D eigenvalue weighted by atomic mass is 9.95. The second-order valence-electron chi connectivity index (χ2n) is 13.0. The summed E-state index contributed by atoms with van der Waals surface area (Å²) >= 11 is 0. The number of hydrogen-bond donors (Lipinski definition) is 2. The van der Waals surface area contributed by atoms with Gasteiger partial charge in [-0.1, -0.05) is 146 Å². The summed E-state index contributed by atoms with van der Waals surface area (Å²) in [6.07, 6.45) is -1.26. The molecule has 0 aliphatic heterocycles. The molecule has 7 aromatic rings. The van der Waals surface area contributed by atoms with Crippen molar-refractivity contribution in [1.82, 2.24) is 0 Å². The first kappa shape index (κ1) is 37.8. The average molecular weight is 759 g/mol. The zero-order valence-corrected chi connectivity index (χ0v) is 30.7. The summed E-state index contributed by atoms with van der Waals surface area (Å²) in [6, 6.07) is 50.6. The average Bonchev–Trinajstić information content (AvgIpc) is 3.25. The monoisotopic (exact) mass is 758 g/mol. The third kappa shape index (κ3) is 9.78.